The molecule has 1 aromatic carbocycles. The van der Waals surface area contributed by atoms with Gasteiger partial charge in [0.25, 0.3) is 0 Å². The van der Waals surface area contributed by atoms with Gasteiger partial charge in [-0.3, -0.25) is 0 Å². The van der Waals surface area contributed by atoms with E-state index in [1.165, 1.54) is 55.9 Å². The summed E-state index contributed by atoms with van der Waals surface area (Å²) in [6.07, 6.45) is 11.4. The lowest BCUT2D eigenvalue weighted by atomic mass is 10.0. The molecule has 1 aromatic rings. The van der Waals surface area contributed by atoms with Crippen LogP contribution in [0.25, 0.3) is 0 Å². The number of aliphatic hydroxyl groups excluding tert-OH is 1. The molecule has 0 radical (unpaired) electrons. The number of aliphatic hydroxyl groups is 1. The van der Waals surface area contributed by atoms with E-state index >= 15 is 0 Å². The highest BCUT2D eigenvalue weighted by molar-refractivity contribution is 5.86. The van der Waals surface area contributed by atoms with Crippen molar-refractivity contribution in [3.63, 3.8) is 0 Å². The lowest BCUT2D eigenvalue weighted by Crippen LogP contribution is -2.33. The van der Waals surface area contributed by atoms with Crippen LogP contribution in [-0.2, 0) is 20.8 Å². The Kier molecular flexibility index (Phi) is 11.9. The molecule has 1 aliphatic rings. The fourth-order valence-corrected chi connectivity index (χ4v) is 3.92. The number of carbonyl (C=O) groups is 2. The largest absolute Gasteiger partial charge is 0.441 e. The van der Waals surface area contributed by atoms with Crippen molar-refractivity contribution < 1.29 is 24.2 Å². The highest BCUT2D eigenvalue weighted by atomic mass is 16.6. The molecule has 1 unspecified atom stereocenters. The number of rotatable bonds is 15. The van der Waals surface area contributed by atoms with Crippen molar-refractivity contribution in [2.75, 3.05) is 7.05 Å². The highest BCUT2D eigenvalue weighted by Crippen LogP contribution is 2.25. The average molecular weight is 446 g/mol. The van der Waals surface area contributed by atoms with Crippen LogP contribution in [0.3, 0.4) is 0 Å². The van der Waals surface area contributed by atoms with Gasteiger partial charge in [0.1, 0.15) is 6.10 Å². The minimum absolute atomic E-state index is 0.326. The van der Waals surface area contributed by atoms with Crippen molar-refractivity contribution >= 4 is 12.1 Å². The Morgan fingerprint density at radius 3 is 2.19 bits per heavy atom. The number of esters is 1. The fraction of sp³-hybridized carbons (Fsp3) is 0.615. The lowest BCUT2D eigenvalue weighted by molar-refractivity contribution is -0.152. The van der Waals surface area contributed by atoms with Crippen LogP contribution in [-0.4, -0.2) is 41.5 Å². The van der Waals surface area contributed by atoms with E-state index in [1.807, 2.05) is 30.3 Å². The van der Waals surface area contributed by atoms with E-state index in [9.17, 15) is 14.7 Å². The molecule has 2 rings (SSSR count). The molecule has 0 spiro atoms. The van der Waals surface area contributed by atoms with Crippen molar-refractivity contribution in [1.29, 1.82) is 0 Å². The standard InChI is InChI=1S/C26H39NO5/c1-3-4-5-6-7-8-9-10-11-15-18-23(22-19-24(28)32-25(22)29)31-26(30)27(2)20-21-16-13-12-14-17-21/h12-14,16-17,19,23,25,29H,3-11,15,18,20H2,1-2H3/t23-,25?/m1/s1. The van der Waals surface area contributed by atoms with Crippen LogP contribution < -0.4 is 0 Å². The summed E-state index contributed by atoms with van der Waals surface area (Å²) in [5, 5.41) is 10.1. The minimum Gasteiger partial charge on any atom is -0.441 e. The van der Waals surface area contributed by atoms with Gasteiger partial charge in [-0.1, -0.05) is 95.0 Å². The Morgan fingerprint density at radius 1 is 1.03 bits per heavy atom. The van der Waals surface area contributed by atoms with Crippen molar-refractivity contribution in [2.45, 2.75) is 96.5 Å². The molecule has 0 fully saturated rings. The summed E-state index contributed by atoms with van der Waals surface area (Å²) < 4.78 is 10.5. The van der Waals surface area contributed by atoms with E-state index in [2.05, 4.69) is 6.92 Å². The Balaban J connectivity index is 1.79. The third-order valence-electron chi connectivity index (χ3n) is 5.81. The summed E-state index contributed by atoms with van der Waals surface area (Å²) in [7, 11) is 1.67. The summed E-state index contributed by atoms with van der Waals surface area (Å²) in [6, 6.07) is 9.66. The maximum Gasteiger partial charge on any atom is 0.410 e. The van der Waals surface area contributed by atoms with Crippen LogP contribution >= 0.6 is 0 Å². The van der Waals surface area contributed by atoms with Gasteiger partial charge >= 0.3 is 12.1 Å². The number of carbonyl (C=O) groups excluding carboxylic acids is 2. The predicted octanol–water partition coefficient (Wildman–Crippen LogP) is 5.74. The summed E-state index contributed by atoms with van der Waals surface area (Å²) >= 11 is 0. The first-order valence-electron chi connectivity index (χ1n) is 12.1. The first-order valence-corrected chi connectivity index (χ1v) is 12.1. The van der Waals surface area contributed by atoms with E-state index in [4.69, 9.17) is 9.47 Å². The van der Waals surface area contributed by atoms with Gasteiger partial charge in [0.15, 0.2) is 0 Å². The smallest absolute Gasteiger partial charge is 0.410 e. The van der Waals surface area contributed by atoms with Gasteiger partial charge in [-0.2, -0.15) is 0 Å². The van der Waals surface area contributed by atoms with E-state index in [0.29, 0.717) is 18.5 Å². The Labute approximate surface area is 192 Å². The van der Waals surface area contributed by atoms with Crippen LogP contribution in [0, 0.1) is 0 Å². The molecule has 2 atom stereocenters. The zero-order valence-electron chi connectivity index (χ0n) is 19.6. The summed E-state index contributed by atoms with van der Waals surface area (Å²) in [4.78, 5) is 25.7. The van der Waals surface area contributed by atoms with Crippen molar-refractivity contribution in [1.82, 2.24) is 4.90 Å². The Morgan fingerprint density at radius 2 is 1.62 bits per heavy atom. The molecule has 6 heteroatoms. The molecule has 1 amide bonds. The maximum atomic E-state index is 12.7. The molecule has 1 aliphatic heterocycles. The fourth-order valence-electron chi connectivity index (χ4n) is 3.92. The minimum atomic E-state index is -1.34. The summed E-state index contributed by atoms with van der Waals surface area (Å²) in [6.45, 7) is 2.65. The third kappa shape index (κ3) is 9.43. The number of hydrogen-bond acceptors (Lipinski definition) is 5. The lowest BCUT2D eigenvalue weighted by Gasteiger charge is -2.24. The van der Waals surface area contributed by atoms with Gasteiger partial charge in [-0.25, -0.2) is 9.59 Å². The molecule has 0 saturated heterocycles. The van der Waals surface area contributed by atoms with Crippen LogP contribution in [0.15, 0.2) is 42.0 Å². The van der Waals surface area contributed by atoms with Crippen LogP contribution in [0.2, 0.25) is 0 Å². The SMILES string of the molecule is CCCCCCCCCCCC[C@@H](OC(=O)N(C)Cc1ccccc1)C1=CC(=O)OC1O. The molecular weight excluding hydrogens is 406 g/mol. The second-order valence-electron chi connectivity index (χ2n) is 8.62. The quantitative estimate of drug-likeness (QED) is 0.275. The molecule has 0 saturated carbocycles. The van der Waals surface area contributed by atoms with Crippen molar-refractivity contribution in [3.05, 3.63) is 47.5 Å². The topological polar surface area (TPSA) is 76.1 Å². The molecule has 32 heavy (non-hydrogen) atoms. The molecule has 6 nitrogen and oxygen atoms in total. The molecule has 0 aliphatic carbocycles. The number of benzene rings is 1. The van der Waals surface area contributed by atoms with Gasteiger partial charge in [0.05, 0.1) is 0 Å². The molecule has 178 valence electrons. The van der Waals surface area contributed by atoms with E-state index in [0.717, 1.165) is 24.8 Å². The second kappa shape index (κ2) is 14.7. The third-order valence-corrected chi connectivity index (χ3v) is 5.81. The van der Waals surface area contributed by atoms with Gasteiger partial charge in [0.2, 0.25) is 6.29 Å². The zero-order chi connectivity index (χ0) is 23.2. The molecule has 0 bridgehead atoms. The van der Waals surface area contributed by atoms with Gasteiger partial charge in [0, 0.05) is 25.2 Å². The van der Waals surface area contributed by atoms with Crippen molar-refractivity contribution in [3.8, 4) is 0 Å². The summed E-state index contributed by atoms with van der Waals surface area (Å²) in [5.41, 5.74) is 1.32. The molecule has 1 N–H and O–H groups in total. The van der Waals surface area contributed by atoms with Gasteiger partial charge < -0.3 is 19.5 Å². The Hall–Kier alpha value is -2.34. The van der Waals surface area contributed by atoms with E-state index in [-0.39, 0.29) is 0 Å². The van der Waals surface area contributed by atoms with Crippen molar-refractivity contribution in [2.24, 2.45) is 0 Å². The van der Waals surface area contributed by atoms with Crippen LogP contribution in [0.5, 0.6) is 0 Å². The summed E-state index contributed by atoms with van der Waals surface area (Å²) in [5.74, 6) is -0.603. The number of amides is 1. The average Bonchev–Trinajstić information content (AvgIpc) is 3.12. The number of ether oxygens (including phenoxy) is 2. The molecule has 0 aromatic heterocycles. The normalized spacial score (nSPS) is 16.4. The predicted molar refractivity (Wildman–Crippen MR) is 125 cm³/mol. The Bertz CT molecular complexity index is 718. The number of unbranched alkanes of at least 4 members (excludes halogenated alkanes) is 9. The molecule has 1 heterocycles. The number of nitrogens with zero attached hydrogens (tertiary/aromatic N) is 1. The maximum absolute atomic E-state index is 12.7. The van der Waals surface area contributed by atoms with Crippen LogP contribution in [0.1, 0.15) is 83.1 Å². The monoisotopic (exact) mass is 445 g/mol. The van der Waals surface area contributed by atoms with E-state index < -0.39 is 24.5 Å². The second-order valence-corrected chi connectivity index (χ2v) is 8.62. The highest BCUT2D eigenvalue weighted by Gasteiger charge is 2.33. The number of cyclic esters (lactones) is 1. The van der Waals surface area contributed by atoms with Gasteiger partial charge in [-0.15, -0.1) is 0 Å². The van der Waals surface area contributed by atoms with Crippen LogP contribution in [0.4, 0.5) is 4.79 Å². The van der Waals surface area contributed by atoms with Gasteiger partial charge in [-0.05, 0) is 18.4 Å². The zero-order valence-corrected chi connectivity index (χ0v) is 19.6. The number of hydrogen-bond donors (Lipinski definition) is 1. The van der Waals surface area contributed by atoms with E-state index in [1.54, 1.807) is 7.05 Å². The molecular formula is C26H39NO5. The first kappa shape index (κ1) is 25.9. The first-order chi connectivity index (χ1) is 15.5.